The fourth-order valence-electron chi connectivity index (χ4n) is 6.64. The van der Waals surface area contributed by atoms with E-state index in [1.807, 2.05) is 6.08 Å². The highest BCUT2D eigenvalue weighted by atomic mass is 32.2. The van der Waals surface area contributed by atoms with Crippen molar-refractivity contribution in [2.75, 3.05) is 20.2 Å². The van der Waals surface area contributed by atoms with Gasteiger partial charge in [0.25, 0.3) is 0 Å². The van der Waals surface area contributed by atoms with E-state index in [-0.39, 0.29) is 28.1 Å². The number of allylic oxidation sites excluding steroid dienone is 3. The Morgan fingerprint density at radius 1 is 1.17 bits per heavy atom. The van der Waals surface area contributed by atoms with Crippen molar-refractivity contribution >= 4 is 21.7 Å². The van der Waals surface area contributed by atoms with E-state index in [0.29, 0.717) is 41.5 Å². The van der Waals surface area contributed by atoms with Crippen molar-refractivity contribution in [2.45, 2.75) is 56.5 Å². The lowest BCUT2D eigenvalue weighted by Gasteiger charge is -2.44. The summed E-state index contributed by atoms with van der Waals surface area (Å²) >= 11 is 0. The van der Waals surface area contributed by atoms with Crippen LogP contribution in [0.4, 0.5) is 4.39 Å². The number of aromatic hydroxyl groups is 1. The van der Waals surface area contributed by atoms with Gasteiger partial charge in [-0.25, -0.2) is 12.8 Å². The van der Waals surface area contributed by atoms with Crippen LogP contribution in [-0.4, -0.2) is 49.6 Å². The van der Waals surface area contributed by atoms with Crippen LogP contribution in [0.3, 0.4) is 0 Å². The molecular formula is C32H35FN2O5S. The first-order valence-corrected chi connectivity index (χ1v) is 15.4. The van der Waals surface area contributed by atoms with Crippen LogP contribution in [-0.2, 0) is 10.0 Å². The van der Waals surface area contributed by atoms with E-state index in [1.165, 1.54) is 29.6 Å². The monoisotopic (exact) mass is 578 g/mol. The maximum Gasteiger partial charge on any atom is 0.243 e. The summed E-state index contributed by atoms with van der Waals surface area (Å²) in [5.41, 5.74) is 3.55. The van der Waals surface area contributed by atoms with Gasteiger partial charge >= 0.3 is 0 Å². The van der Waals surface area contributed by atoms with Gasteiger partial charge in [0.05, 0.1) is 17.6 Å². The zero-order valence-corrected chi connectivity index (χ0v) is 24.5. The Morgan fingerprint density at radius 3 is 2.66 bits per heavy atom. The molecule has 3 aliphatic heterocycles. The molecule has 4 aliphatic rings. The average Bonchev–Trinajstić information content (AvgIpc) is 2.93. The molecule has 41 heavy (non-hydrogen) atoms. The summed E-state index contributed by atoms with van der Waals surface area (Å²) in [5, 5.41) is 14.3. The van der Waals surface area contributed by atoms with E-state index < -0.39 is 15.8 Å². The summed E-state index contributed by atoms with van der Waals surface area (Å²) in [6.45, 7) is 7.14. The molecule has 3 heterocycles. The van der Waals surface area contributed by atoms with Crippen LogP contribution in [0, 0.1) is 11.7 Å². The summed E-state index contributed by atoms with van der Waals surface area (Å²) in [7, 11) is -2.43. The molecule has 2 aromatic carbocycles. The number of benzene rings is 2. The van der Waals surface area contributed by atoms with Crippen molar-refractivity contribution in [3.8, 4) is 17.2 Å². The lowest BCUT2D eigenvalue weighted by Crippen LogP contribution is -2.52. The van der Waals surface area contributed by atoms with Crippen LogP contribution in [0.5, 0.6) is 17.2 Å². The van der Waals surface area contributed by atoms with Gasteiger partial charge in [-0.05, 0) is 75.1 Å². The highest BCUT2D eigenvalue weighted by Gasteiger charge is 2.42. The molecule has 1 aliphatic carbocycles. The summed E-state index contributed by atoms with van der Waals surface area (Å²) in [6.07, 6.45) is 10.5. The molecule has 0 saturated carbocycles. The minimum Gasteiger partial charge on any atom is -0.504 e. The number of fused-ring (bicyclic) bond motifs is 4. The van der Waals surface area contributed by atoms with E-state index in [9.17, 15) is 17.9 Å². The molecule has 1 fully saturated rings. The van der Waals surface area contributed by atoms with Gasteiger partial charge in [0, 0.05) is 36.2 Å². The van der Waals surface area contributed by atoms with Gasteiger partial charge in [-0.2, -0.15) is 4.31 Å². The van der Waals surface area contributed by atoms with Crippen molar-refractivity contribution in [1.29, 1.82) is 0 Å². The zero-order valence-electron chi connectivity index (χ0n) is 23.7. The standard InChI is InChI=1S/C32H35FN2O5S/c1-19-18-32(2,3)34-23-11-10-22-29(28(19)23)26(40-25-13-12-24(36)31(39-4)30(22)25)16-20-8-9-21(33)17-27(20)41(37,38)35-14-6-5-7-15-35/h8-13,16-18,23,28,34,36H,5-7,14-15H2,1-4H3/b26-16-. The van der Waals surface area contributed by atoms with E-state index in [4.69, 9.17) is 9.47 Å². The molecule has 2 unspecified atom stereocenters. The number of piperidine rings is 1. The number of nitrogens with one attached hydrogen (secondary N) is 1. The van der Waals surface area contributed by atoms with Crippen molar-refractivity contribution in [1.82, 2.24) is 9.62 Å². The van der Waals surface area contributed by atoms with Crippen LogP contribution in [0.2, 0.25) is 0 Å². The number of phenolic OH excluding ortho intramolecular Hbond substituents is 1. The molecule has 9 heteroatoms. The van der Waals surface area contributed by atoms with Crippen molar-refractivity contribution < 1.29 is 27.4 Å². The third-order valence-electron chi connectivity index (χ3n) is 8.30. The van der Waals surface area contributed by atoms with Crippen LogP contribution in [0.25, 0.3) is 11.6 Å². The Balaban J connectivity index is 1.58. The Kier molecular flexibility index (Phi) is 6.87. The number of phenols is 1. The molecule has 0 aromatic heterocycles. The molecule has 0 bridgehead atoms. The van der Waals surface area contributed by atoms with Crippen LogP contribution in [0.1, 0.15) is 51.2 Å². The fourth-order valence-corrected chi connectivity index (χ4v) is 8.35. The molecule has 0 amide bonds. The number of methoxy groups -OCH3 is 1. The van der Waals surface area contributed by atoms with E-state index in [2.05, 4.69) is 38.2 Å². The largest absolute Gasteiger partial charge is 0.504 e. The zero-order chi connectivity index (χ0) is 29.1. The number of ether oxygens (including phenoxy) is 2. The first-order valence-electron chi connectivity index (χ1n) is 14.0. The van der Waals surface area contributed by atoms with Gasteiger partial charge < -0.3 is 19.9 Å². The van der Waals surface area contributed by atoms with Gasteiger partial charge in [0.2, 0.25) is 10.0 Å². The first-order chi connectivity index (χ1) is 19.5. The van der Waals surface area contributed by atoms with E-state index in [1.54, 1.807) is 12.1 Å². The number of nitrogens with zero attached hydrogens (tertiary/aromatic N) is 1. The highest BCUT2D eigenvalue weighted by Crippen LogP contribution is 2.53. The van der Waals surface area contributed by atoms with Crippen LogP contribution in [0.15, 0.2) is 70.4 Å². The van der Waals surface area contributed by atoms with Gasteiger partial charge in [0.1, 0.15) is 17.3 Å². The van der Waals surface area contributed by atoms with Crippen LogP contribution < -0.4 is 14.8 Å². The summed E-state index contributed by atoms with van der Waals surface area (Å²) in [4.78, 5) is -0.0789. The van der Waals surface area contributed by atoms with Gasteiger partial charge in [-0.15, -0.1) is 0 Å². The summed E-state index contributed by atoms with van der Waals surface area (Å²) in [6, 6.07) is 7.01. The number of hydrogen-bond donors (Lipinski definition) is 2. The summed E-state index contributed by atoms with van der Waals surface area (Å²) < 4.78 is 55.6. The maximum absolute atomic E-state index is 14.5. The first kappa shape index (κ1) is 27.8. The molecule has 2 aromatic rings. The van der Waals surface area contributed by atoms with Crippen molar-refractivity contribution in [3.63, 3.8) is 0 Å². The number of sulfonamides is 1. The smallest absolute Gasteiger partial charge is 0.243 e. The quantitative estimate of drug-likeness (QED) is 0.447. The van der Waals surface area contributed by atoms with E-state index in [0.717, 1.165) is 42.0 Å². The predicted octanol–water partition coefficient (Wildman–Crippen LogP) is 5.78. The minimum atomic E-state index is -3.94. The Bertz CT molecular complexity index is 1650. The third kappa shape index (κ3) is 4.79. The second-order valence-electron chi connectivity index (χ2n) is 11.7. The van der Waals surface area contributed by atoms with Gasteiger partial charge in [-0.3, -0.25) is 0 Å². The minimum absolute atomic E-state index is 0.00624. The van der Waals surface area contributed by atoms with Crippen LogP contribution >= 0.6 is 0 Å². The molecule has 216 valence electrons. The highest BCUT2D eigenvalue weighted by molar-refractivity contribution is 7.89. The molecule has 0 radical (unpaired) electrons. The van der Waals surface area contributed by atoms with Crippen molar-refractivity contribution in [3.05, 3.63) is 82.4 Å². The van der Waals surface area contributed by atoms with Gasteiger partial charge in [-0.1, -0.05) is 36.3 Å². The predicted molar refractivity (Wildman–Crippen MR) is 157 cm³/mol. The molecule has 6 rings (SSSR count). The summed E-state index contributed by atoms with van der Waals surface area (Å²) in [5.74, 6) is 0.496. The van der Waals surface area contributed by atoms with E-state index >= 15 is 0 Å². The third-order valence-corrected chi connectivity index (χ3v) is 10.3. The lowest BCUT2D eigenvalue weighted by molar-refractivity contribution is 0.337. The second kappa shape index (κ2) is 10.2. The second-order valence-corrected chi connectivity index (χ2v) is 13.6. The Morgan fingerprint density at radius 2 is 1.93 bits per heavy atom. The molecule has 2 atom stereocenters. The number of rotatable bonds is 4. The topological polar surface area (TPSA) is 88.1 Å². The molecule has 0 spiro atoms. The molecule has 2 N–H and O–H groups in total. The fraction of sp³-hybridized carbons (Fsp3) is 0.375. The average molecular weight is 579 g/mol. The molecule has 7 nitrogen and oxygen atoms in total. The lowest BCUT2D eigenvalue weighted by atomic mass is 9.71. The Hall–Kier alpha value is -3.40. The Labute approximate surface area is 240 Å². The molecule has 1 saturated heterocycles. The SMILES string of the molecule is COc1c(O)ccc2c1C1=C(/C(=C/c3ccc(F)cc3S(=O)(=O)N3CCCCC3)O2)C2C(C)=CC(C)(C)NC2C=C1. The van der Waals surface area contributed by atoms with Crippen molar-refractivity contribution in [2.24, 2.45) is 5.92 Å². The maximum atomic E-state index is 14.5. The number of hydrogen-bond acceptors (Lipinski definition) is 6. The molecular weight excluding hydrogens is 543 g/mol. The number of halogens is 1. The van der Waals surface area contributed by atoms with Gasteiger partial charge in [0.15, 0.2) is 11.5 Å². The normalized spacial score (nSPS) is 24.7.